The van der Waals surface area contributed by atoms with Crippen LogP contribution < -0.4 is 10.6 Å². The van der Waals surface area contributed by atoms with Crippen LogP contribution in [-0.4, -0.2) is 38.3 Å². The number of hydrogen-bond donors (Lipinski definition) is 2. The minimum absolute atomic E-state index is 0.382. The summed E-state index contributed by atoms with van der Waals surface area (Å²) in [6, 6.07) is 0.548. The van der Waals surface area contributed by atoms with Gasteiger partial charge in [0.25, 0.3) is 0 Å². The number of rotatable bonds is 5. The molecule has 4 nitrogen and oxygen atoms in total. The van der Waals surface area contributed by atoms with E-state index < -0.39 is 0 Å². The summed E-state index contributed by atoms with van der Waals surface area (Å²) in [4.78, 5) is 4.39. The first-order valence-electron chi connectivity index (χ1n) is 8.37. The highest BCUT2D eigenvalue weighted by Crippen LogP contribution is 2.54. The molecule has 0 amide bonds. The number of hydrogen-bond acceptors (Lipinski definition) is 2. The van der Waals surface area contributed by atoms with Crippen LogP contribution in [0.1, 0.15) is 51.9 Å². The average molecular weight is 279 g/mol. The number of nitrogens with zero attached hydrogens (tertiary/aromatic N) is 1. The van der Waals surface area contributed by atoms with Gasteiger partial charge in [-0.2, -0.15) is 0 Å². The lowest BCUT2D eigenvalue weighted by molar-refractivity contribution is -0.125. The van der Waals surface area contributed by atoms with Crippen molar-refractivity contribution in [3.8, 4) is 0 Å². The van der Waals surface area contributed by atoms with Crippen LogP contribution in [0, 0.1) is 11.3 Å². The summed E-state index contributed by atoms with van der Waals surface area (Å²) in [6.07, 6.45) is 9.70. The molecule has 1 spiro atoms. The molecule has 0 aliphatic heterocycles. The Bertz CT molecular complexity index is 359. The molecule has 0 aromatic heterocycles. The zero-order valence-corrected chi connectivity index (χ0v) is 13.0. The molecule has 0 heterocycles. The molecular formula is C16H29N3O. The monoisotopic (exact) mass is 279 g/mol. The Morgan fingerprint density at radius 3 is 2.65 bits per heavy atom. The lowest BCUT2D eigenvalue weighted by atomic mass is 9.60. The Morgan fingerprint density at radius 1 is 1.30 bits per heavy atom. The van der Waals surface area contributed by atoms with E-state index in [1.807, 2.05) is 7.05 Å². The lowest BCUT2D eigenvalue weighted by Crippen LogP contribution is -2.65. The van der Waals surface area contributed by atoms with Gasteiger partial charge in [-0.25, -0.2) is 0 Å². The highest BCUT2D eigenvalue weighted by molar-refractivity contribution is 5.80. The minimum atomic E-state index is 0.382. The van der Waals surface area contributed by atoms with Gasteiger partial charge in [-0.1, -0.05) is 12.8 Å². The van der Waals surface area contributed by atoms with E-state index in [2.05, 4.69) is 22.5 Å². The number of guanidine groups is 1. The smallest absolute Gasteiger partial charge is 0.191 e. The normalized spacial score (nSPS) is 32.2. The maximum absolute atomic E-state index is 5.97. The SMILES string of the molecule is CCOC1CC(NC(=NC)NCC2CC2)C12CCCC2. The first-order valence-corrected chi connectivity index (χ1v) is 8.37. The Balaban J connectivity index is 1.55. The molecule has 3 aliphatic rings. The summed E-state index contributed by atoms with van der Waals surface area (Å²) in [6.45, 7) is 4.03. The third-order valence-corrected chi connectivity index (χ3v) is 5.48. The molecule has 0 aromatic carbocycles. The summed E-state index contributed by atoms with van der Waals surface area (Å²) in [5.74, 6) is 1.87. The van der Waals surface area contributed by atoms with Crippen LogP contribution in [-0.2, 0) is 4.74 Å². The van der Waals surface area contributed by atoms with Gasteiger partial charge in [-0.05, 0) is 44.9 Å². The van der Waals surface area contributed by atoms with Crippen LogP contribution in [0.15, 0.2) is 4.99 Å². The van der Waals surface area contributed by atoms with Crippen LogP contribution in [0.25, 0.3) is 0 Å². The van der Waals surface area contributed by atoms with Gasteiger partial charge < -0.3 is 15.4 Å². The van der Waals surface area contributed by atoms with Crippen molar-refractivity contribution in [1.82, 2.24) is 10.6 Å². The lowest BCUT2D eigenvalue weighted by Gasteiger charge is -2.54. The van der Waals surface area contributed by atoms with Crippen LogP contribution in [0.4, 0.5) is 0 Å². The van der Waals surface area contributed by atoms with Crippen molar-refractivity contribution in [2.45, 2.75) is 64.0 Å². The van der Waals surface area contributed by atoms with E-state index in [4.69, 9.17) is 4.74 Å². The van der Waals surface area contributed by atoms with Gasteiger partial charge in [-0.3, -0.25) is 4.99 Å². The van der Waals surface area contributed by atoms with E-state index >= 15 is 0 Å². The maximum atomic E-state index is 5.97. The minimum Gasteiger partial charge on any atom is -0.378 e. The summed E-state index contributed by atoms with van der Waals surface area (Å²) >= 11 is 0. The third kappa shape index (κ3) is 2.67. The Kier molecular flexibility index (Phi) is 4.20. The number of ether oxygens (including phenoxy) is 1. The molecule has 114 valence electrons. The van der Waals surface area contributed by atoms with Gasteiger partial charge in [-0.15, -0.1) is 0 Å². The second-order valence-electron chi connectivity index (χ2n) is 6.71. The topological polar surface area (TPSA) is 45.6 Å². The van der Waals surface area contributed by atoms with Crippen molar-refractivity contribution in [1.29, 1.82) is 0 Å². The fraction of sp³-hybridized carbons (Fsp3) is 0.938. The molecule has 0 saturated heterocycles. The van der Waals surface area contributed by atoms with Gasteiger partial charge in [0, 0.05) is 31.7 Å². The predicted octanol–water partition coefficient (Wildman–Crippen LogP) is 2.30. The van der Waals surface area contributed by atoms with Crippen molar-refractivity contribution >= 4 is 5.96 Å². The van der Waals surface area contributed by atoms with Gasteiger partial charge in [0.1, 0.15) is 0 Å². The Labute approximate surface area is 122 Å². The van der Waals surface area contributed by atoms with Gasteiger partial charge in [0.2, 0.25) is 0 Å². The van der Waals surface area contributed by atoms with E-state index in [1.54, 1.807) is 0 Å². The summed E-state index contributed by atoms with van der Waals surface area (Å²) in [7, 11) is 1.88. The molecule has 0 radical (unpaired) electrons. The van der Waals surface area contributed by atoms with E-state index in [-0.39, 0.29) is 0 Å². The fourth-order valence-electron chi connectivity index (χ4n) is 4.01. The van der Waals surface area contributed by atoms with Crippen molar-refractivity contribution < 1.29 is 4.74 Å². The summed E-state index contributed by atoms with van der Waals surface area (Å²) < 4.78 is 5.97. The molecule has 3 aliphatic carbocycles. The first kappa shape index (κ1) is 14.2. The number of nitrogens with one attached hydrogen (secondary N) is 2. The highest BCUT2D eigenvalue weighted by atomic mass is 16.5. The summed E-state index contributed by atoms with van der Waals surface area (Å²) in [5.41, 5.74) is 0.382. The molecule has 0 bridgehead atoms. The van der Waals surface area contributed by atoms with Crippen LogP contribution in [0.2, 0.25) is 0 Å². The van der Waals surface area contributed by atoms with Crippen LogP contribution in [0.3, 0.4) is 0 Å². The standard InChI is InChI=1S/C16H29N3O/c1-3-20-14-10-13(16(14)8-4-5-9-16)19-15(17-2)18-11-12-6-7-12/h12-14H,3-11H2,1-2H3,(H2,17,18,19). The summed E-state index contributed by atoms with van der Waals surface area (Å²) in [5, 5.41) is 7.15. The van der Waals surface area contributed by atoms with Crippen molar-refractivity contribution in [3.63, 3.8) is 0 Å². The molecule has 0 aromatic rings. The largest absolute Gasteiger partial charge is 0.378 e. The van der Waals surface area contributed by atoms with E-state index in [0.29, 0.717) is 17.6 Å². The van der Waals surface area contributed by atoms with Gasteiger partial charge in [0.05, 0.1) is 6.10 Å². The van der Waals surface area contributed by atoms with Gasteiger partial charge >= 0.3 is 0 Å². The molecular weight excluding hydrogens is 250 g/mol. The molecule has 3 rings (SSSR count). The predicted molar refractivity (Wildman–Crippen MR) is 81.9 cm³/mol. The second-order valence-corrected chi connectivity index (χ2v) is 6.71. The zero-order valence-electron chi connectivity index (χ0n) is 13.0. The van der Waals surface area contributed by atoms with Crippen molar-refractivity contribution in [2.75, 3.05) is 20.2 Å². The first-order chi connectivity index (χ1) is 9.78. The third-order valence-electron chi connectivity index (χ3n) is 5.48. The fourth-order valence-corrected chi connectivity index (χ4v) is 4.01. The molecule has 4 heteroatoms. The Hall–Kier alpha value is -0.770. The Morgan fingerprint density at radius 2 is 2.05 bits per heavy atom. The van der Waals surface area contributed by atoms with Crippen molar-refractivity contribution in [2.24, 2.45) is 16.3 Å². The molecule has 20 heavy (non-hydrogen) atoms. The molecule has 3 saturated carbocycles. The quantitative estimate of drug-likeness (QED) is 0.599. The molecule has 2 N–H and O–H groups in total. The number of aliphatic imine (C=N–C) groups is 1. The zero-order chi connectivity index (χ0) is 14.0. The highest BCUT2D eigenvalue weighted by Gasteiger charge is 2.56. The molecule has 3 fully saturated rings. The van der Waals surface area contributed by atoms with Crippen LogP contribution >= 0.6 is 0 Å². The average Bonchev–Trinajstić information content (AvgIpc) is 3.13. The van der Waals surface area contributed by atoms with Gasteiger partial charge in [0.15, 0.2) is 5.96 Å². The molecule has 2 unspecified atom stereocenters. The van der Waals surface area contributed by atoms with E-state index in [0.717, 1.165) is 31.4 Å². The maximum Gasteiger partial charge on any atom is 0.191 e. The molecule has 2 atom stereocenters. The van der Waals surface area contributed by atoms with Crippen LogP contribution in [0.5, 0.6) is 0 Å². The second kappa shape index (κ2) is 5.92. The van der Waals surface area contributed by atoms with Crippen molar-refractivity contribution in [3.05, 3.63) is 0 Å². The van der Waals surface area contributed by atoms with E-state index in [9.17, 15) is 0 Å². The van der Waals surface area contributed by atoms with E-state index in [1.165, 1.54) is 38.5 Å².